The normalized spacial score (nSPS) is 17.3. The van der Waals surface area contributed by atoms with Crippen LogP contribution < -0.4 is 19.1 Å². The Morgan fingerprint density at radius 2 is 1.79 bits per heavy atom. The maximum Gasteiger partial charge on any atom is 0.301 e. The van der Waals surface area contributed by atoms with Gasteiger partial charge in [0, 0.05) is 17.2 Å². The highest BCUT2D eigenvalue weighted by Gasteiger charge is 2.49. The number of nitrogens with zero attached hydrogens (tertiary/aromatic N) is 2. The highest BCUT2D eigenvalue weighted by molar-refractivity contribution is 6.51. The molecular formula is C24H22N2O7. The average Bonchev–Trinajstić information content (AvgIpc) is 3.38. The van der Waals surface area contributed by atoms with Crippen molar-refractivity contribution in [3.63, 3.8) is 0 Å². The molecule has 33 heavy (non-hydrogen) atoms. The number of aryl methyl sites for hydroxylation is 1. The van der Waals surface area contributed by atoms with E-state index in [1.54, 1.807) is 49.4 Å². The second-order valence-corrected chi connectivity index (χ2v) is 7.28. The summed E-state index contributed by atoms with van der Waals surface area (Å²) in [5.41, 5.74) is 0.622. The van der Waals surface area contributed by atoms with E-state index in [2.05, 4.69) is 5.16 Å². The van der Waals surface area contributed by atoms with Gasteiger partial charge in [-0.15, -0.1) is 0 Å². The van der Waals surface area contributed by atoms with Crippen molar-refractivity contribution in [1.29, 1.82) is 0 Å². The summed E-state index contributed by atoms with van der Waals surface area (Å²) in [4.78, 5) is 27.6. The minimum absolute atomic E-state index is 0.125. The van der Waals surface area contributed by atoms with E-state index < -0.39 is 17.7 Å². The molecule has 0 aliphatic carbocycles. The van der Waals surface area contributed by atoms with Crippen LogP contribution >= 0.6 is 0 Å². The summed E-state index contributed by atoms with van der Waals surface area (Å²) in [6, 6.07) is 12.1. The van der Waals surface area contributed by atoms with Crippen molar-refractivity contribution in [2.24, 2.45) is 0 Å². The van der Waals surface area contributed by atoms with Gasteiger partial charge in [-0.25, -0.2) is 0 Å². The molecule has 170 valence electrons. The molecule has 0 spiro atoms. The first-order valence-electron chi connectivity index (χ1n) is 10.0. The third-order valence-electron chi connectivity index (χ3n) is 5.38. The first kappa shape index (κ1) is 21.9. The van der Waals surface area contributed by atoms with Gasteiger partial charge in [-0.3, -0.25) is 14.5 Å². The van der Waals surface area contributed by atoms with Crippen molar-refractivity contribution in [2.75, 3.05) is 26.2 Å². The van der Waals surface area contributed by atoms with E-state index in [-0.39, 0.29) is 17.2 Å². The molecule has 1 aromatic heterocycles. The number of hydrogen-bond donors (Lipinski definition) is 1. The Kier molecular flexibility index (Phi) is 5.78. The molecule has 0 saturated carbocycles. The van der Waals surface area contributed by atoms with E-state index in [1.807, 2.05) is 0 Å². The van der Waals surface area contributed by atoms with Crippen LogP contribution in [0.25, 0.3) is 5.76 Å². The third kappa shape index (κ3) is 3.67. The van der Waals surface area contributed by atoms with Crippen LogP contribution in [0.1, 0.15) is 22.9 Å². The Morgan fingerprint density at radius 1 is 1.03 bits per heavy atom. The van der Waals surface area contributed by atoms with Crippen LogP contribution in [0.2, 0.25) is 0 Å². The van der Waals surface area contributed by atoms with Gasteiger partial charge in [0.25, 0.3) is 5.78 Å². The summed E-state index contributed by atoms with van der Waals surface area (Å²) in [6.45, 7) is 1.67. The Hall–Kier alpha value is -4.27. The minimum Gasteiger partial charge on any atom is -0.507 e. The summed E-state index contributed by atoms with van der Waals surface area (Å²) in [5.74, 6) is -0.300. The van der Waals surface area contributed by atoms with Crippen LogP contribution in [0.4, 0.5) is 5.82 Å². The number of methoxy groups -OCH3 is 3. The Labute approximate surface area is 189 Å². The first-order valence-corrected chi connectivity index (χ1v) is 10.0. The summed E-state index contributed by atoms with van der Waals surface area (Å²) >= 11 is 0. The number of ketones is 1. The quantitative estimate of drug-likeness (QED) is 0.344. The fraction of sp³-hybridized carbons (Fsp3) is 0.208. The number of amides is 1. The fourth-order valence-electron chi connectivity index (χ4n) is 3.88. The van der Waals surface area contributed by atoms with E-state index in [0.717, 1.165) is 0 Å². The lowest BCUT2D eigenvalue weighted by Gasteiger charge is -2.25. The summed E-state index contributed by atoms with van der Waals surface area (Å²) < 4.78 is 21.4. The molecule has 3 aromatic rings. The monoisotopic (exact) mass is 450 g/mol. The molecule has 1 aliphatic heterocycles. The van der Waals surface area contributed by atoms with Crippen LogP contribution in [0.5, 0.6) is 17.2 Å². The number of para-hydroxylation sites is 1. The number of aliphatic hydroxyl groups excluding tert-OH is 1. The maximum atomic E-state index is 13.2. The molecule has 0 unspecified atom stereocenters. The molecule has 1 amide bonds. The molecule has 1 fully saturated rings. The number of Topliss-reactive ketones (excluding diaryl/α,β-unsaturated/α-hetero) is 1. The number of hydrogen-bond acceptors (Lipinski definition) is 8. The molecule has 9 nitrogen and oxygen atoms in total. The van der Waals surface area contributed by atoms with Crippen LogP contribution in [-0.4, -0.2) is 43.3 Å². The van der Waals surface area contributed by atoms with Crippen LogP contribution in [0, 0.1) is 6.92 Å². The molecular weight excluding hydrogens is 428 g/mol. The Balaban J connectivity index is 2.01. The number of aromatic nitrogens is 1. The minimum atomic E-state index is -1.05. The number of aliphatic hydroxyl groups is 1. The number of rotatable bonds is 6. The van der Waals surface area contributed by atoms with E-state index in [4.69, 9.17) is 18.7 Å². The van der Waals surface area contributed by atoms with Gasteiger partial charge >= 0.3 is 5.91 Å². The average molecular weight is 450 g/mol. The second-order valence-electron chi connectivity index (χ2n) is 7.28. The first-order chi connectivity index (χ1) is 15.9. The van der Waals surface area contributed by atoms with Crippen molar-refractivity contribution >= 4 is 23.3 Å². The zero-order valence-corrected chi connectivity index (χ0v) is 18.5. The Morgan fingerprint density at radius 3 is 2.42 bits per heavy atom. The van der Waals surface area contributed by atoms with Crippen LogP contribution in [-0.2, 0) is 9.59 Å². The highest BCUT2D eigenvalue weighted by Crippen LogP contribution is 2.47. The predicted molar refractivity (Wildman–Crippen MR) is 119 cm³/mol. The molecule has 1 atom stereocenters. The van der Waals surface area contributed by atoms with E-state index in [0.29, 0.717) is 34.1 Å². The molecule has 2 heterocycles. The molecule has 1 saturated heterocycles. The number of benzene rings is 2. The topological polar surface area (TPSA) is 111 Å². The Bertz CT molecular complexity index is 1260. The van der Waals surface area contributed by atoms with Crippen LogP contribution in [0.15, 0.2) is 58.6 Å². The molecule has 2 aromatic carbocycles. The van der Waals surface area contributed by atoms with Gasteiger partial charge in [0.05, 0.1) is 26.9 Å². The lowest BCUT2D eigenvalue weighted by Crippen LogP contribution is -2.30. The molecule has 1 aliphatic rings. The fourth-order valence-corrected chi connectivity index (χ4v) is 3.88. The summed E-state index contributed by atoms with van der Waals surface area (Å²) in [7, 11) is 4.43. The van der Waals surface area contributed by atoms with Gasteiger partial charge < -0.3 is 23.8 Å². The lowest BCUT2D eigenvalue weighted by molar-refractivity contribution is -0.132. The number of ether oxygens (including phenoxy) is 3. The zero-order chi connectivity index (χ0) is 23.7. The number of anilines is 1. The van der Waals surface area contributed by atoms with Gasteiger partial charge in [-0.1, -0.05) is 29.4 Å². The van der Waals surface area contributed by atoms with Crippen molar-refractivity contribution in [1.82, 2.24) is 5.16 Å². The molecule has 0 radical (unpaired) electrons. The lowest BCUT2D eigenvalue weighted by atomic mass is 9.94. The molecule has 4 rings (SSSR count). The van der Waals surface area contributed by atoms with Gasteiger partial charge in [-0.2, -0.15) is 0 Å². The standard InChI is InChI=1S/C24H22N2O7/c1-13-11-18(25-33-13)26-20(16-9-6-10-17(31-3)23(16)32-4)19(22(28)24(26)29)21(27)14-7-5-8-15(12-14)30-2/h5-12,20,27H,1-4H3/t20-/m1/s1. The zero-order valence-electron chi connectivity index (χ0n) is 18.5. The number of carbonyl (C=O) groups is 2. The number of carbonyl (C=O) groups excluding carboxylic acids is 2. The van der Waals surface area contributed by atoms with E-state index in [9.17, 15) is 14.7 Å². The largest absolute Gasteiger partial charge is 0.507 e. The summed E-state index contributed by atoms with van der Waals surface area (Å²) in [5, 5.41) is 15.2. The van der Waals surface area contributed by atoms with E-state index >= 15 is 0 Å². The smallest absolute Gasteiger partial charge is 0.301 e. The van der Waals surface area contributed by atoms with Gasteiger partial charge in [0.1, 0.15) is 23.3 Å². The molecule has 9 heteroatoms. The van der Waals surface area contributed by atoms with E-state index in [1.165, 1.54) is 32.3 Å². The SMILES string of the molecule is COc1cccc(C(O)=C2C(=O)C(=O)N(c3cc(C)on3)[C@@H]2c2cccc(OC)c2OC)c1. The molecule has 0 bridgehead atoms. The summed E-state index contributed by atoms with van der Waals surface area (Å²) in [6.07, 6.45) is 0. The van der Waals surface area contributed by atoms with Crippen molar-refractivity contribution in [3.05, 3.63) is 71.0 Å². The van der Waals surface area contributed by atoms with Crippen molar-refractivity contribution in [3.8, 4) is 17.2 Å². The predicted octanol–water partition coefficient (Wildman–Crippen LogP) is 3.64. The van der Waals surface area contributed by atoms with Gasteiger partial charge in [0.15, 0.2) is 17.3 Å². The van der Waals surface area contributed by atoms with Crippen LogP contribution in [0.3, 0.4) is 0 Å². The van der Waals surface area contributed by atoms with Crippen molar-refractivity contribution < 1.29 is 33.4 Å². The second kappa shape index (κ2) is 8.70. The van der Waals surface area contributed by atoms with Gasteiger partial charge in [0.2, 0.25) is 0 Å². The highest BCUT2D eigenvalue weighted by atomic mass is 16.5. The van der Waals surface area contributed by atoms with Gasteiger partial charge in [-0.05, 0) is 25.1 Å². The third-order valence-corrected chi connectivity index (χ3v) is 5.38. The molecule has 1 N–H and O–H groups in total. The van der Waals surface area contributed by atoms with Crippen molar-refractivity contribution in [2.45, 2.75) is 13.0 Å². The maximum absolute atomic E-state index is 13.2.